The van der Waals surface area contributed by atoms with E-state index in [-0.39, 0.29) is 30.2 Å². The maximum absolute atomic E-state index is 12.9. The molecule has 2 aromatic carbocycles. The average molecular weight is 742 g/mol. The Morgan fingerprint density at radius 2 is 1.96 bits per heavy atom. The molecule has 0 amide bonds. The Bertz CT molecular complexity index is 2090. The monoisotopic (exact) mass is 741 g/mol. The van der Waals surface area contributed by atoms with Crippen LogP contribution in [-0.2, 0) is 11.2 Å². The summed E-state index contributed by atoms with van der Waals surface area (Å²) in [5.74, 6) is 11.8. The molecule has 0 radical (unpaired) electrons. The number of aryl methyl sites for hydroxylation is 1. The van der Waals surface area contributed by atoms with Gasteiger partial charge in [0.25, 0.3) is 6.23 Å². The molecule has 7 aliphatic rings. The predicted octanol–water partition coefficient (Wildman–Crippen LogP) is 5.15. The number of unbranched alkanes of at least 4 members (excludes halogenated alkanes) is 2. The van der Waals surface area contributed by atoms with Gasteiger partial charge in [-0.05, 0) is 90.0 Å². The Balaban J connectivity index is 1.09. The number of hydrogen-bond donors (Lipinski definition) is 5. The standard InChI is InChI=1S/C46H52N4O5/c1-2-3-4-7-30(51)23-31(52)11-8-28-9-17-40-41(22-28)55-45-37(46(20-21-54-40)18-5-6-19-46)15-16-39(53)33-13-14-34-42-29(24-49-44(34)47)10-12-32(43(33)42)35-25-48-38-27-50(45)26-36(35)38/h9,13-14,17,22,25-26,29-30,32,37,39,44-45,49,51,53H,2-8,10-12,18-19,23-24,27,47H2,1H3/p+1/t29-,30+,32-,37-,39-,44-,45-/m0/s1. The van der Waals surface area contributed by atoms with E-state index in [9.17, 15) is 15.0 Å². The lowest BCUT2D eigenvalue weighted by Crippen LogP contribution is -3.13. The third-order valence-electron chi connectivity index (χ3n) is 13.3. The third-order valence-corrected chi connectivity index (χ3v) is 13.3. The van der Waals surface area contributed by atoms with Crippen LogP contribution in [0.5, 0.6) is 11.5 Å². The maximum Gasteiger partial charge on any atom is 0.252 e. The summed E-state index contributed by atoms with van der Waals surface area (Å²) in [6.07, 6.45) is 15.8. The van der Waals surface area contributed by atoms with Crippen molar-refractivity contribution in [2.45, 2.75) is 127 Å². The highest BCUT2D eigenvalue weighted by molar-refractivity contribution is 6.08. The van der Waals surface area contributed by atoms with Crippen LogP contribution in [0.2, 0.25) is 0 Å². The molecule has 2 bridgehead atoms. The van der Waals surface area contributed by atoms with Gasteiger partial charge in [-0.15, -0.1) is 0 Å². The summed E-state index contributed by atoms with van der Waals surface area (Å²) in [6.45, 7) is 3.61. The Hall–Kier alpha value is -4.22. The summed E-state index contributed by atoms with van der Waals surface area (Å²) in [5.41, 5.74) is 15.0. The molecule has 5 aliphatic heterocycles. The number of nitrogens with one attached hydrogen (secondary N) is 2. The molecular formula is C46H53N4O5+. The summed E-state index contributed by atoms with van der Waals surface area (Å²) >= 11 is 0. The van der Waals surface area contributed by atoms with Crippen LogP contribution in [0, 0.1) is 35.2 Å². The molecule has 2 aromatic rings. The van der Waals surface area contributed by atoms with Crippen molar-refractivity contribution in [2.24, 2.45) is 22.1 Å². The van der Waals surface area contributed by atoms with Crippen molar-refractivity contribution < 1.29 is 29.4 Å². The maximum atomic E-state index is 12.9. The van der Waals surface area contributed by atoms with Gasteiger partial charge in [-0.1, -0.05) is 75.0 Å². The first kappa shape index (κ1) is 36.4. The number of fused-ring (bicyclic) bond motifs is 6. The largest absolute Gasteiger partial charge is 0.437 e. The molecule has 2 aliphatic carbocycles. The summed E-state index contributed by atoms with van der Waals surface area (Å²) < 4.78 is 13.3. The van der Waals surface area contributed by atoms with Gasteiger partial charge in [-0.25, -0.2) is 0 Å². The molecule has 9 heteroatoms. The van der Waals surface area contributed by atoms with Crippen LogP contribution in [0.4, 0.5) is 0 Å². The van der Waals surface area contributed by atoms with Gasteiger partial charge in [0.1, 0.15) is 42.4 Å². The van der Waals surface area contributed by atoms with Crippen LogP contribution >= 0.6 is 0 Å². The van der Waals surface area contributed by atoms with Crippen molar-refractivity contribution in [3.05, 3.63) is 81.7 Å². The van der Waals surface area contributed by atoms with E-state index in [1.807, 2.05) is 24.3 Å². The fourth-order valence-corrected chi connectivity index (χ4v) is 10.4. The summed E-state index contributed by atoms with van der Waals surface area (Å²) in [7, 11) is 0. The summed E-state index contributed by atoms with van der Waals surface area (Å²) in [5, 5.41) is 26.0. The van der Waals surface area contributed by atoms with Gasteiger partial charge in [0.15, 0.2) is 11.5 Å². The first-order valence-electron chi connectivity index (χ1n) is 20.7. The topological polar surface area (TPSA) is 131 Å². The zero-order valence-electron chi connectivity index (χ0n) is 31.8. The molecule has 1 spiro atoms. The first-order valence-corrected chi connectivity index (χ1v) is 20.7. The number of aliphatic hydroxyl groups is 2. The number of aliphatic hydroxyl groups excluding tert-OH is 2. The molecule has 1 saturated carbocycles. The minimum absolute atomic E-state index is 0.0614. The van der Waals surface area contributed by atoms with Crippen LogP contribution in [0.15, 0.2) is 58.9 Å². The number of aliphatic imine (C=N–C) groups is 1. The molecule has 8 atom stereocenters. The Morgan fingerprint density at radius 1 is 1.11 bits per heavy atom. The number of carbonyl (C=O) groups is 1. The molecule has 0 aromatic heterocycles. The number of nitrogens with two attached hydrogens (primary N) is 1. The van der Waals surface area contributed by atoms with E-state index >= 15 is 0 Å². The fourth-order valence-electron chi connectivity index (χ4n) is 10.4. The van der Waals surface area contributed by atoms with Crippen molar-refractivity contribution in [3.63, 3.8) is 0 Å². The molecule has 286 valence electrons. The molecular weight excluding hydrogens is 689 g/mol. The second-order valence-corrected chi connectivity index (χ2v) is 16.8. The second kappa shape index (κ2) is 15.0. The highest BCUT2D eigenvalue weighted by Crippen LogP contribution is 2.52. The Kier molecular flexibility index (Phi) is 9.95. The van der Waals surface area contributed by atoms with Crippen molar-refractivity contribution in [2.75, 3.05) is 13.1 Å². The van der Waals surface area contributed by atoms with Crippen molar-refractivity contribution in [1.82, 2.24) is 5.32 Å². The average Bonchev–Trinajstić information content (AvgIpc) is 3.93. The van der Waals surface area contributed by atoms with Gasteiger partial charge in [0.2, 0.25) is 0 Å². The quantitative estimate of drug-likeness (QED) is 0.178. The minimum Gasteiger partial charge on any atom is -0.437 e. The van der Waals surface area contributed by atoms with Gasteiger partial charge in [-0.3, -0.25) is 20.0 Å². The number of rotatable bonds is 9. The van der Waals surface area contributed by atoms with E-state index in [4.69, 9.17) is 20.2 Å². The number of Topliss-reactive ketones (excluding diaryl/α,β-unsaturated/α-hetero) is 1. The van der Waals surface area contributed by atoms with Gasteiger partial charge in [0, 0.05) is 31.5 Å². The van der Waals surface area contributed by atoms with Gasteiger partial charge in [0.05, 0.1) is 23.3 Å². The van der Waals surface area contributed by atoms with E-state index in [1.165, 1.54) is 16.7 Å². The number of quaternary nitrogens is 1. The van der Waals surface area contributed by atoms with Crippen molar-refractivity contribution >= 4 is 11.5 Å². The van der Waals surface area contributed by atoms with Crippen LogP contribution in [0.1, 0.15) is 136 Å². The van der Waals surface area contributed by atoms with E-state index in [2.05, 4.69) is 54.6 Å². The van der Waals surface area contributed by atoms with E-state index in [0.29, 0.717) is 43.2 Å². The second-order valence-electron chi connectivity index (χ2n) is 16.8. The number of carbonyl (C=O) groups excluding carboxylic acids is 1. The fraction of sp³-hybridized carbons (Fsp3) is 0.522. The SMILES string of the molecule is CCCCC[C@@H](O)CC(=O)CCc1ccc2c(c1)O[C@H]1[C@H](C#C[C@H](O)c3ccc4c5c3[C@@H](CC[C@H]5CN[C@@H]4N)C3=CN=C4C[NH+]1C=C34)C1(C#CO2)CCCC1. The van der Waals surface area contributed by atoms with Crippen LogP contribution < -0.4 is 25.4 Å². The van der Waals surface area contributed by atoms with E-state index in [1.54, 1.807) is 0 Å². The molecule has 9 nitrogen and oxygen atoms in total. The Morgan fingerprint density at radius 3 is 2.82 bits per heavy atom. The molecule has 0 saturated heterocycles. The number of benzene rings is 2. The molecule has 9 rings (SSSR count). The zero-order valence-corrected chi connectivity index (χ0v) is 31.8. The summed E-state index contributed by atoms with van der Waals surface area (Å²) in [6, 6.07) is 9.98. The lowest BCUT2D eigenvalue weighted by Gasteiger charge is -2.41. The smallest absolute Gasteiger partial charge is 0.252 e. The van der Waals surface area contributed by atoms with Crippen molar-refractivity contribution in [1.29, 1.82) is 0 Å². The molecule has 5 heterocycles. The number of nitrogens with zero attached hydrogens (tertiary/aromatic N) is 1. The highest BCUT2D eigenvalue weighted by Gasteiger charge is 2.52. The third kappa shape index (κ3) is 6.75. The van der Waals surface area contributed by atoms with Gasteiger partial charge >= 0.3 is 0 Å². The van der Waals surface area contributed by atoms with Gasteiger partial charge in [-0.2, -0.15) is 0 Å². The van der Waals surface area contributed by atoms with E-state index < -0.39 is 23.9 Å². The van der Waals surface area contributed by atoms with Crippen molar-refractivity contribution in [3.8, 4) is 35.4 Å². The normalized spacial score (nSPS) is 29.5. The van der Waals surface area contributed by atoms with E-state index in [0.717, 1.165) is 97.2 Å². The van der Waals surface area contributed by atoms with Gasteiger partial charge < -0.3 is 25.4 Å². The van der Waals surface area contributed by atoms with Crippen LogP contribution in [0.25, 0.3) is 0 Å². The molecule has 6 N–H and O–H groups in total. The first-order chi connectivity index (χ1) is 26.8. The number of ether oxygens (including phenoxy) is 2. The Labute approximate surface area is 324 Å². The highest BCUT2D eigenvalue weighted by atomic mass is 16.5. The lowest BCUT2D eigenvalue weighted by atomic mass is 9.67. The summed E-state index contributed by atoms with van der Waals surface area (Å²) in [4.78, 5) is 19.0. The lowest BCUT2D eigenvalue weighted by molar-refractivity contribution is -0.888. The number of hydrogen-bond acceptors (Lipinski definition) is 8. The number of ketones is 1. The molecule has 1 unspecified atom stereocenters. The number of allylic oxidation sites excluding steroid dienone is 1. The van der Waals surface area contributed by atoms with Crippen LogP contribution in [-0.4, -0.2) is 47.1 Å². The predicted molar refractivity (Wildman–Crippen MR) is 210 cm³/mol. The minimum atomic E-state index is -0.997. The zero-order chi connectivity index (χ0) is 37.7. The molecule has 55 heavy (non-hydrogen) atoms. The van der Waals surface area contributed by atoms with Crippen LogP contribution in [0.3, 0.4) is 0 Å². The molecule has 1 fully saturated rings.